The lowest BCUT2D eigenvalue weighted by Crippen LogP contribution is -2.10. The monoisotopic (exact) mass is 219 g/mol. The molecule has 0 aliphatic heterocycles. The molecule has 0 saturated carbocycles. The number of aliphatic hydroxyl groups is 1. The number of nitrogens with zero attached hydrogens (tertiary/aromatic N) is 3. The molecule has 0 aliphatic rings. The van der Waals surface area contributed by atoms with E-state index in [1.165, 1.54) is 10.9 Å². The molecule has 6 heteroatoms. The Morgan fingerprint density at radius 3 is 2.62 bits per heavy atom. The summed E-state index contributed by atoms with van der Waals surface area (Å²) < 4.78 is 1.40. The van der Waals surface area contributed by atoms with Gasteiger partial charge in [0.1, 0.15) is 5.69 Å². The molecular weight excluding hydrogens is 210 g/mol. The van der Waals surface area contributed by atoms with Gasteiger partial charge in [-0.05, 0) is 12.1 Å². The lowest BCUT2D eigenvalue weighted by atomic mass is 10.3. The Labute approximate surface area is 90.8 Å². The highest BCUT2D eigenvalue weighted by Crippen LogP contribution is 2.11. The first-order valence-corrected chi connectivity index (χ1v) is 4.57. The summed E-state index contributed by atoms with van der Waals surface area (Å²) >= 11 is 0. The molecule has 16 heavy (non-hydrogen) atoms. The van der Waals surface area contributed by atoms with Gasteiger partial charge in [0.05, 0.1) is 11.9 Å². The summed E-state index contributed by atoms with van der Waals surface area (Å²) in [4.78, 5) is 10.5. The molecule has 0 saturated heterocycles. The lowest BCUT2D eigenvalue weighted by Gasteiger charge is -1.99. The van der Waals surface area contributed by atoms with Crippen LogP contribution in [0.5, 0.6) is 0 Å². The summed E-state index contributed by atoms with van der Waals surface area (Å²) in [6.45, 7) is 0. The Hall–Kier alpha value is -2.21. The molecule has 6 nitrogen and oxygen atoms in total. The number of para-hydroxylation sites is 1. The van der Waals surface area contributed by atoms with Crippen molar-refractivity contribution >= 4 is 5.97 Å². The highest BCUT2D eigenvalue weighted by molar-refractivity contribution is 5.73. The van der Waals surface area contributed by atoms with Crippen molar-refractivity contribution in [1.82, 2.24) is 15.0 Å². The summed E-state index contributed by atoms with van der Waals surface area (Å²) in [5.41, 5.74) is 0.759. The highest BCUT2D eigenvalue weighted by atomic mass is 16.4. The maximum atomic E-state index is 10.5. The van der Waals surface area contributed by atoms with E-state index in [1.807, 2.05) is 18.2 Å². The van der Waals surface area contributed by atoms with Crippen LogP contribution in [-0.4, -0.2) is 31.2 Å². The van der Waals surface area contributed by atoms with E-state index in [0.29, 0.717) is 0 Å². The van der Waals surface area contributed by atoms with Gasteiger partial charge in [0.15, 0.2) is 6.10 Å². The molecule has 0 radical (unpaired) electrons. The molecular formula is C10H9N3O3. The molecule has 0 fully saturated rings. The van der Waals surface area contributed by atoms with E-state index in [2.05, 4.69) is 10.3 Å². The Morgan fingerprint density at radius 1 is 1.31 bits per heavy atom. The molecule has 1 heterocycles. The fraction of sp³-hybridized carbons (Fsp3) is 0.100. The van der Waals surface area contributed by atoms with E-state index < -0.39 is 12.1 Å². The number of benzene rings is 1. The minimum Gasteiger partial charge on any atom is -0.479 e. The fourth-order valence-electron chi connectivity index (χ4n) is 1.24. The maximum absolute atomic E-state index is 10.5. The van der Waals surface area contributed by atoms with Gasteiger partial charge in [-0.2, -0.15) is 0 Å². The van der Waals surface area contributed by atoms with Crippen molar-refractivity contribution in [3.8, 4) is 5.69 Å². The van der Waals surface area contributed by atoms with Crippen LogP contribution in [-0.2, 0) is 4.79 Å². The molecule has 1 aromatic heterocycles. The number of rotatable bonds is 3. The van der Waals surface area contributed by atoms with Crippen molar-refractivity contribution in [2.24, 2.45) is 0 Å². The smallest absolute Gasteiger partial charge is 0.339 e. The third kappa shape index (κ3) is 1.91. The van der Waals surface area contributed by atoms with E-state index in [4.69, 9.17) is 5.11 Å². The number of aliphatic carboxylic acids is 1. The number of aliphatic hydroxyl groups excluding tert-OH is 1. The number of hydrogen-bond donors (Lipinski definition) is 2. The topological polar surface area (TPSA) is 88.2 Å². The largest absolute Gasteiger partial charge is 0.479 e. The average molecular weight is 219 g/mol. The van der Waals surface area contributed by atoms with Crippen LogP contribution in [0.25, 0.3) is 5.69 Å². The molecule has 1 atom stereocenters. The molecule has 1 aromatic carbocycles. The van der Waals surface area contributed by atoms with Gasteiger partial charge in [-0.1, -0.05) is 23.4 Å². The summed E-state index contributed by atoms with van der Waals surface area (Å²) in [5.74, 6) is -1.35. The second kappa shape index (κ2) is 4.11. The second-order valence-corrected chi connectivity index (χ2v) is 3.16. The quantitative estimate of drug-likeness (QED) is 0.779. The molecule has 0 aliphatic carbocycles. The van der Waals surface area contributed by atoms with Gasteiger partial charge in [-0.15, -0.1) is 5.10 Å². The zero-order chi connectivity index (χ0) is 11.5. The van der Waals surface area contributed by atoms with E-state index in [0.717, 1.165) is 5.69 Å². The third-order valence-corrected chi connectivity index (χ3v) is 2.05. The van der Waals surface area contributed by atoms with Crippen molar-refractivity contribution in [3.63, 3.8) is 0 Å². The fourth-order valence-corrected chi connectivity index (χ4v) is 1.24. The predicted octanol–water partition coefficient (Wildman–Crippen LogP) is 0.385. The summed E-state index contributed by atoms with van der Waals surface area (Å²) in [5, 5.41) is 25.2. The molecule has 1 unspecified atom stereocenters. The zero-order valence-electron chi connectivity index (χ0n) is 8.19. The van der Waals surface area contributed by atoms with E-state index in [-0.39, 0.29) is 5.69 Å². The Kier molecular flexibility index (Phi) is 2.65. The summed E-state index contributed by atoms with van der Waals surface area (Å²) in [6, 6.07) is 9.10. The number of carboxylic acid groups (broad SMARTS) is 1. The van der Waals surface area contributed by atoms with Crippen LogP contribution in [0.4, 0.5) is 0 Å². The van der Waals surface area contributed by atoms with Crippen LogP contribution >= 0.6 is 0 Å². The first-order valence-electron chi connectivity index (χ1n) is 4.57. The van der Waals surface area contributed by atoms with Crippen LogP contribution < -0.4 is 0 Å². The normalized spacial score (nSPS) is 12.3. The zero-order valence-corrected chi connectivity index (χ0v) is 8.19. The molecule has 0 amide bonds. The number of hydrogen-bond acceptors (Lipinski definition) is 4. The van der Waals surface area contributed by atoms with Crippen LogP contribution in [0.3, 0.4) is 0 Å². The van der Waals surface area contributed by atoms with Gasteiger partial charge < -0.3 is 10.2 Å². The standard InChI is InChI=1S/C10H9N3O3/c14-9(10(15)16)8-6-13(12-11-8)7-4-2-1-3-5-7/h1-6,9,14H,(H,15,16). The molecule has 2 N–H and O–H groups in total. The molecule has 82 valence electrons. The van der Waals surface area contributed by atoms with Gasteiger partial charge >= 0.3 is 5.97 Å². The first kappa shape index (κ1) is 10.3. The van der Waals surface area contributed by atoms with Crippen LogP contribution in [0.1, 0.15) is 11.8 Å². The first-order chi connectivity index (χ1) is 7.68. The summed E-state index contributed by atoms with van der Waals surface area (Å²) in [6.07, 6.45) is -0.258. The third-order valence-electron chi connectivity index (χ3n) is 2.05. The van der Waals surface area contributed by atoms with Crippen LogP contribution in [0.15, 0.2) is 36.5 Å². The predicted molar refractivity (Wildman–Crippen MR) is 54.0 cm³/mol. The molecule has 0 bridgehead atoms. The van der Waals surface area contributed by atoms with Crippen molar-refractivity contribution in [2.45, 2.75) is 6.10 Å². The number of aromatic nitrogens is 3. The minimum absolute atomic E-state index is 0.0105. The van der Waals surface area contributed by atoms with E-state index in [1.54, 1.807) is 12.1 Å². The van der Waals surface area contributed by atoms with Crippen LogP contribution in [0.2, 0.25) is 0 Å². The molecule has 0 spiro atoms. The van der Waals surface area contributed by atoms with Crippen molar-refractivity contribution in [3.05, 3.63) is 42.2 Å². The maximum Gasteiger partial charge on any atom is 0.339 e. The van der Waals surface area contributed by atoms with Gasteiger partial charge in [-0.3, -0.25) is 0 Å². The van der Waals surface area contributed by atoms with Crippen molar-refractivity contribution in [1.29, 1.82) is 0 Å². The molecule has 2 aromatic rings. The summed E-state index contributed by atoms with van der Waals surface area (Å²) in [7, 11) is 0. The van der Waals surface area contributed by atoms with Gasteiger partial charge in [0.2, 0.25) is 0 Å². The second-order valence-electron chi connectivity index (χ2n) is 3.16. The Balaban J connectivity index is 2.30. The van der Waals surface area contributed by atoms with Crippen molar-refractivity contribution < 1.29 is 15.0 Å². The lowest BCUT2D eigenvalue weighted by molar-refractivity contribution is -0.147. The van der Waals surface area contributed by atoms with Gasteiger partial charge in [0, 0.05) is 0 Å². The molecule has 2 rings (SSSR count). The van der Waals surface area contributed by atoms with Crippen molar-refractivity contribution in [2.75, 3.05) is 0 Å². The number of carbonyl (C=O) groups is 1. The van der Waals surface area contributed by atoms with Crippen LogP contribution in [0, 0.1) is 0 Å². The van der Waals surface area contributed by atoms with E-state index in [9.17, 15) is 9.90 Å². The highest BCUT2D eigenvalue weighted by Gasteiger charge is 2.19. The van der Waals surface area contributed by atoms with E-state index >= 15 is 0 Å². The average Bonchev–Trinajstić information content (AvgIpc) is 2.78. The Bertz CT molecular complexity index is 495. The van der Waals surface area contributed by atoms with Gasteiger partial charge in [-0.25, -0.2) is 9.48 Å². The van der Waals surface area contributed by atoms with Gasteiger partial charge in [0.25, 0.3) is 0 Å². The number of carboxylic acids is 1. The minimum atomic E-state index is -1.64. The SMILES string of the molecule is O=C(O)C(O)c1cn(-c2ccccc2)nn1. The Morgan fingerprint density at radius 2 is 2.00 bits per heavy atom.